The molecule has 2 aromatic heterocycles. The van der Waals surface area contributed by atoms with E-state index in [1.54, 1.807) is 17.2 Å². The standard InChI is InChI=1S/C15H20BrN3O2/c1-11-4-5-13(21-11)10-19(7-6-18(2)3)15(20)14-8-12(16)9-17-14/h4-5,8-9,17H,6-7,10H2,1-3H3. The molecule has 0 bridgehead atoms. The van der Waals surface area contributed by atoms with Crippen LogP contribution in [-0.4, -0.2) is 47.9 Å². The third-order valence-electron chi connectivity index (χ3n) is 3.13. The maximum atomic E-state index is 12.6. The Balaban J connectivity index is 2.12. The molecule has 0 spiro atoms. The maximum Gasteiger partial charge on any atom is 0.270 e. The van der Waals surface area contributed by atoms with Gasteiger partial charge >= 0.3 is 0 Å². The molecule has 0 radical (unpaired) electrons. The minimum Gasteiger partial charge on any atom is -0.464 e. The highest BCUT2D eigenvalue weighted by Crippen LogP contribution is 2.15. The van der Waals surface area contributed by atoms with E-state index in [1.807, 2.05) is 33.2 Å². The lowest BCUT2D eigenvalue weighted by Gasteiger charge is -2.23. The van der Waals surface area contributed by atoms with E-state index in [1.165, 1.54) is 0 Å². The van der Waals surface area contributed by atoms with E-state index in [4.69, 9.17) is 4.42 Å². The van der Waals surface area contributed by atoms with Crippen molar-refractivity contribution in [3.63, 3.8) is 0 Å². The Labute approximate surface area is 133 Å². The van der Waals surface area contributed by atoms with Crippen molar-refractivity contribution in [3.05, 3.63) is 46.1 Å². The summed E-state index contributed by atoms with van der Waals surface area (Å²) < 4.78 is 6.45. The minimum atomic E-state index is -0.0309. The van der Waals surface area contributed by atoms with E-state index in [9.17, 15) is 4.79 Å². The number of amides is 1. The smallest absolute Gasteiger partial charge is 0.270 e. The number of aromatic nitrogens is 1. The second kappa shape index (κ2) is 6.95. The quantitative estimate of drug-likeness (QED) is 0.868. The largest absolute Gasteiger partial charge is 0.464 e. The summed E-state index contributed by atoms with van der Waals surface area (Å²) in [7, 11) is 3.98. The second-order valence-electron chi connectivity index (χ2n) is 5.27. The first kappa shape index (κ1) is 15.9. The molecule has 0 saturated heterocycles. The van der Waals surface area contributed by atoms with Crippen molar-refractivity contribution in [2.75, 3.05) is 27.2 Å². The fourth-order valence-electron chi connectivity index (χ4n) is 1.99. The minimum absolute atomic E-state index is 0.0309. The lowest BCUT2D eigenvalue weighted by atomic mass is 10.3. The van der Waals surface area contributed by atoms with Gasteiger partial charge in [-0.05, 0) is 55.1 Å². The Kier molecular flexibility index (Phi) is 5.25. The summed E-state index contributed by atoms with van der Waals surface area (Å²) in [5.41, 5.74) is 0.573. The Morgan fingerprint density at radius 2 is 2.10 bits per heavy atom. The molecule has 2 heterocycles. The number of aryl methyl sites for hydroxylation is 1. The molecule has 2 aromatic rings. The first-order valence-electron chi connectivity index (χ1n) is 6.79. The lowest BCUT2D eigenvalue weighted by Crippen LogP contribution is -2.36. The Bertz CT molecular complexity index is 604. The summed E-state index contributed by atoms with van der Waals surface area (Å²) >= 11 is 3.35. The highest BCUT2D eigenvalue weighted by Gasteiger charge is 2.19. The molecule has 0 aliphatic heterocycles. The number of hydrogen-bond acceptors (Lipinski definition) is 3. The van der Waals surface area contributed by atoms with Crippen LogP contribution in [0.15, 0.2) is 33.3 Å². The predicted octanol–water partition coefficient (Wildman–Crippen LogP) is 2.88. The van der Waals surface area contributed by atoms with Crippen molar-refractivity contribution in [1.29, 1.82) is 0 Å². The molecule has 0 aliphatic rings. The highest BCUT2D eigenvalue weighted by atomic mass is 79.9. The first-order chi connectivity index (χ1) is 9.95. The van der Waals surface area contributed by atoms with Crippen LogP contribution in [0.1, 0.15) is 22.0 Å². The van der Waals surface area contributed by atoms with Gasteiger partial charge in [-0.25, -0.2) is 0 Å². The van der Waals surface area contributed by atoms with Crippen LogP contribution in [0, 0.1) is 6.92 Å². The number of nitrogens with zero attached hydrogens (tertiary/aromatic N) is 2. The summed E-state index contributed by atoms with van der Waals surface area (Å²) in [4.78, 5) is 19.4. The highest BCUT2D eigenvalue weighted by molar-refractivity contribution is 9.10. The van der Waals surface area contributed by atoms with E-state index < -0.39 is 0 Å². The van der Waals surface area contributed by atoms with Gasteiger partial charge in [0.15, 0.2) is 0 Å². The molecule has 0 atom stereocenters. The van der Waals surface area contributed by atoms with Crippen LogP contribution < -0.4 is 0 Å². The number of furan rings is 1. The van der Waals surface area contributed by atoms with E-state index in [0.29, 0.717) is 18.8 Å². The Hall–Kier alpha value is -1.53. The fraction of sp³-hybridized carbons (Fsp3) is 0.400. The fourth-order valence-corrected chi connectivity index (χ4v) is 2.34. The lowest BCUT2D eigenvalue weighted by molar-refractivity contribution is 0.0714. The number of likely N-dealkylation sites (N-methyl/N-ethyl adjacent to an activating group) is 1. The van der Waals surface area contributed by atoms with E-state index in [-0.39, 0.29) is 5.91 Å². The van der Waals surface area contributed by atoms with Crippen molar-refractivity contribution in [1.82, 2.24) is 14.8 Å². The normalized spacial score (nSPS) is 11.1. The zero-order chi connectivity index (χ0) is 15.4. The van der Waals surface area contributed by atoms with Crippen molar-refractivity contribution in [2.24, 2.45) is 0 Å². The van der Waals surface area contributed by atoms with E-state index in [2.05, 4.69) is 25.8 Å². The van der Waals surface area contributed by atoms with E-state index >= 15 is 0 Å². The van der Waals surface area contributed by atoms with Crippen molar-refractivity contribution >= 4 is 21.8 Å². The Morgan fingerprint density at radius 1 is 1.33 bits per heavy atom. The molecule has 0 unspecified atom stereocenters. The summed E-state index contributed by atoms with van der Waals surface area (Å²) in [6, 6.07) is 5.61. The average Bonchev–Trinajstić information content (AvgIpc) is 3.02. The van der Waals surface area contributed by atoms with Gasteiger partial charge in [-0.1, -0.05) is 0 Å². The SMILES string of the molecule is Cc1ccc(CN(CCN(C)C)C(=O)c2cc(Br)c[nH]2)o1. The second-order valence-corrected chi connectivity index (χ2v) is 6.19. The van der Waals surface area contributed by atoms with Crippen LogP contribution in [0.3, 0.4) is 0 Å². The molecule has 2 rings (SSSR count). The summed E-state index contributed by atoms with van der Waals surface area (Å²) in [5, 5.41) is 0. The number of carbonyl (C=O) groups excluding carboxylic acids is 1. The number of aromatic amines is 1. The molecule has 0 aliphatic carbocycles. The molecule has 0 saturated carbocycles. The van der Waals surface area contributed by atoms with Gasteiger partial charge in [-0.3, -0.25) is 4.79 Å². The number of halogens is 1. The number of hydrogen-bond donors (Lipinski definition) is 1. The maximum absolute atomic E-state index is 12.6. The van der Waals surface area contributed by atoms with Gasteiger partial charge in [0.25, 0.3) is 5.91 Å². The zero-order valence-corrected chi connectivity index (χ0v) is 14.1. The van der Waals surface area contributed by atoms with Crippen LogP contribution >= 0.6 is 15.9 Å². The Morgan fingerprint density at radius 3 is 2.62 bits per heavy atom. The monoisotopic (exact) mass is 353 g/mol. The third kappa shape index (κ3) is 4.47. The third-order valence-corrected chi connectivity index (χ3v) is 3.58. The van der Waals surface area contributed by atoms with Gasteiger partial charge in [0.1, 0.15) is 17.2 Å². The zero-order valence-electron chi connectivity index (χ0n) is 12.5. The van der Waals surface area contributed by atoms with Crippen LogP contribution in [0.2, 0.25) is 0 Å². The van der Waals surface area contributed by atoms with Crippen molar-refractivity contribution < 1.29 is 9.21 Å². The van der Waals surface area contributed by atoms with Crippen LogP contribution in [0.5, 0.6) is 0 Å². The molecule has 5 nitrogen and oxygen atoms in total. The number of carbonyl (C=O) groups is 1. The van der Waals surface area contributed by atoms with Gasteiger partial charge in [-0.15, -0.1) is 0 Å². The van der Waals surface area contributed by atoms with E-state index in [0.717, 1.165) is 22.5 Å². The van der Waals surface area contributed by atoms with Crippen molar-refractivity contribution in [2.45, 2.75) is 13.5 Å². The van der Waals surface area contributed by atoms with Crippen LogP contribution in [-0.2, 0) is 6.54 Å². The van der Waals surface area contributed by atoms with Gasteiger partial charge in [0.2, 0.25) is 0 Å². The molecule has 0 fully saturated rings. The molecule has 114 valence electrons. The molecule has 6 heteroatoms. The molecule has 1 N–H and O–H groups in total. The number of H-pyrrole nitrogens is 1. The van der Waals surface area contributed by atoms with Gasteiger partial charge in [0, 0.05) is 23.8 Å². The van der Waals surface area contributed by atoms with Crippen molar-refractivity contribution in [3.8, 4) is 0 Å². The predicted molar refractivity (Wildman–Crippen MR) is 85.2 cm³/mol. The summed E-state index contributed by atoms with van der Waals surface area (Å²) in [6.07, 6.45) is 1.76. The topological polar surface area (TPSA) is 52.5 Å². The van der Waals surface area contributed by atoms with Crippen LogP contribution in [0.25, 0.3) is 0 Å². The molecule has 0 aromatic carbocycles. The number of nitrogens with one attached hydrogen (secondary N) is 1. The van der Waals surface area contributed by atoms with Gasteiger partial charge in [-0.2, -0.15) is 0 Å². The summed E-state index contributed by atoms with van der Waals surface area (Å²) in [5.74, 6) is 1.62. The molecule has 21 heavy (non-hydrogen) atoms. The number of rotatable bonds is 6. The summed E-state index contributed by atoms with van der Waals surface area (Å²) in [6.45, 7) is 3.81. The molecular formula is C15H20BrN3O2. The molecular weight excluding hydrogens is 334 g/mol. The van der Waals surface area contributed by atoms with Crippen LogP contribution in [0.4, 0.5) is 0 Å². The first-order valence-corrected chi connectivity index (χ1v) is 7.58. The van der Waals surface area contributed by atoms with Gasteiger partial charge in [0.05, 0.1) is 6.54 Å². The average molecular weight is 354 g/mol. The molecule has 1 amide bonds. The van der Waals surface area contributed by atoms with Gasteiger partial charge < -0.3 is 19.2 Å².